The van der Waals surface area contributed by atoms with Gasteiger partial charge in [-0.05, 0) is 74.6 Å². The lowest BCUT2D eigenvalue weighted by Crippen LogP contribution is -2.39. The lowest BCUT2D eigenvalue weighted by atomic mass is 9.94. The fourth-order valence-electron chi connectivity index (χ4n) is 3.29. The molecule has 0 aromatic heterocycles. The van der Waals surface area contributed by atoms with E-state index in [4.69, 9.17) is 0 Å². The van der Waals surface area contributed by atoms with Gasteiger partial charge in [0, 0.05) is 17.3 Å². The van der Waals surface area contributed by atoms with Crippen LogP contribution in [0.4, 0.5) is 10.1 Å². The third-order valence-electron chi connectivity index (χ3n) is 4.79. The van der Waals surface area contributed by atoms with Crippen molar-refractivity contribution < 1.29 is 22.7 Å². The minimum absolute atomic E-state index is 0.0181. The van der Waals surface area contributed by atoms with Gasteiger partial charge in [0.1, 0.15) is 5.82 Å². The van der Waals surface area contributed by atoms with Crippen LogP contribution in [0.3, 0.4) is 0 Å². The van der Waals surface area contributed by atoms with Gasteiger partial charge in [-0.15, -0.1) is 0 Å². The molecule has 1 aliphatic carbocycles. The quantitative estimate of drug-likeness (QED) is 0.711. The molecule has 6 nitrogen and oxygen atoms in total. The van der Waals surface area contributed by atoms with Crippen LogP contribution in [0, 0.1) is 12.7 Å². The van der Waals surface area contributed by atoms with Crippen molar-refractivity contribution in [1.29, 1.82) is 0 Å². The number of aliphatic hydroxyl groups is 1. The largest absolute Gasteiger partial charge is 0.393 e. The Bertz CT molecular complexity index is 978. The Kier molecular flexibility index (Phi) is 6.12. The molecular weight excluding hydrogens is 383 g/mol. The normalized spacial score (nSPS) is 20.0. The molecule has 3 rings (SSSR count). The minimum atomic E-state index is -3.82. The van der Waals surface area contributed by atoms with E-state index in [1.54, 1.807) is 6.92 Å². The molecule has 2 aromatic rings. The highest BCUT2D eigenvalue weighted by Gasteiger charge is 2.26. The van der Waals surface area contributed by atoms with Gasteiger partial charge < -0.3 is 10.4 Å². The number of aryl methyl sites for hydroxylation is 1. The van der Waals surface area contributed by atoms with Crippen molar-refractivity contribution in [1.82, 2.24) is 4.72 Å². The molecule has 0 unspecified atom stereocenters. The Balaban J connectivity index is 1.75. The molecule has 3 N–H and O–H groups in total. The number of aliphatic hydroxyl groups excluding tert-OH is 1. The molecule has 1 aliphatic rings. The van der Waals surface area contributed by atoms with Crippen LogP contribution in [-0.2, 0) is 10.0 Å². The van der Waals surface area contributed by atoms with Crippen molar-refractivity contribution >= 4 is 21.6 Å². The predicted molar refractivity (Wildman–Crippen MR) is 104 cm³/mol. The number of halogens is 1. The molecule has 1 amide bonds. The van der Waals surface area contributed by atoms with Gasteiger partial charge in [0.2, 0.25) is 10.0 Å². The summed E-state index contributed by atoms with van der Waals surface area (Å²) in [6.07, 6.45) is 1.98. The number of hydrogen-bond acceptors (Lipinski definition) is 4. The van der Waals surface area contributed by atoms with Crippen molar-refractivity contribution in [3.05, 3.63) is 59.4 Å². The van der Waals surface area contributed by atoms with Gasteiger partial charge in [0.05, 0.1) is 11.0 Å². The molecule has 150 valence electrons. The fourth-order valence-corrected chi connectivity index (χ4v) is 4.62. The standard InChI is InChI=1S/C20H23FN2O4S/c1-13-10-15(8-9-19(13)21)22-20(25)14-4-2-7-18(11-14)28(26,27)23-16-5-3-6-17(24)12-16/h2,4,7-11,16-17,23-24H,3,5-6,12H2,1H3,(H,22,25)/t16-,17-/m1/s1. The van der Waals surface area contributed by atoms with E-state index in [2.05, 4.69) is 10.0 Å². The number of anilines is 1. The number of sulfonamides is 1. The average Bonchev–Trinajstić information content (AvgIpc) is 2.64. The molecular formula is C20H23FN2O4S. The van der Waals surface area contributed by atoms with E-state index in [1.165, 1.54) is 42.5 Å². The molecule has 1 fully saturated rings. The summed E-state index contributed by atoms with van der Waals surface area (Å²) in [5, 5.41) is 12.4. The highest BCUT2D eigenvalue weighted by atomic mass is 32.2. The second kappa shape index (κ2) is 8.38. The van der Waals surface area contributed by atoms with E-state index in [0.717, 1.165) is 6.42 Å². The van der Waals surface area contributed by atoms with Gasteiger partial charge in [-0.1, -0.05) is 6.07 Å². The van der Waals surface area contributed by atoms with Gasteiger partial charge in [-0.2, -0.15) is 0 Å². The molecule has 0 aliphatic heterocycles. The van der Waals surface area contributed by atoms with Crippen LogP contribution in [0.5, 0.6) is 0 Å². The summed E-state index contributed by atoms with van der Waals surface area (Å²) in [6.45, 7) is 1.59. The Labute approximate surface area is 163 Å². The first-order valence-electron chi connectivity index (χ1n) is 9.12. The topological polar surface area (TPSA) is 95.5 Å². The van der Waals surface area contributed by atoms with Crippen LogP contribution < -0.4 is 10.0 Å². The number of carbonyl (C=O) groups excluding carboxylic acids is 1. The summed E-state index contributed by atoms with van der Waals surface area (Å²) in [5.41, 5.74) is 0.994. The van der Waals surface area contributed by atoms with Gasteiger partial charge in [0.25, 0.3) is 5.91 Å². The highest BCUT2D eigenvalue weighted by Crippen LogP contribution is 2.21. The van der Waals surface area contributed by atoms with E-state index in [9.17, 15) is 22.7 Å². The van der Waals surface area contributed by atoms with Crippen molar-refractivity contribution in [3.8, 4) is 0 Å². The minimum Gasteiger partial charge on any atom is -0.393 e. The van der Waals surface area contributed by atoms with Crippen molar-refractivity contribution in [2.24, 2.45) is 0 Å². The highest BCUT2D eigenvalue weighted by molar-refractivity contribution is 7.89. The zero-order valence-corrected chi connectivity index (χ0v) is 16.3. The maximum Gasteiger partial charge on any atom is 0.255 e. The van der Waals surface area contributed by atoms with Gasteiger partial charge in [-0.3, -0.25) is 4.79 Å². The lowest BCUT2D eigenvalue weighted by Gasteiger charge is -2.26. The summed E-state index contributed by atoms with van der Waals surface area (Å²) in [4.78, 5) is 12.5. The van der Waals surface area contributed by atoms with Gasteiger partial charge in [-0.25, -0.2) is 17.5 Å². The smallest absolute Gasteiger partial charge is 0.255 e. The van der Waals surface area contributed by atoms with Crippen LogP contribution in [0.2, 0.25) is 0 Å². The van der Waals surface area contributed by atoms with Gasteiger partial charge in [0.15, 0.2) is 0 Å². The van der Waals surface area contributed by atoms with Crippen LogP contribution in [-0.4, -0.2) is 31.6 Å². The third-order valence-corrected chi connectivity index (χ3v) is 6.31. The first-order valence-corrected chi connectivity index (χ1v) is 10.6. The molecule has 1 saturated carbocycles. The lowest BCUT2D eigenvalue weighted by molar-refractivity contribution is 0.102. The van der Waals surface area contributed by atoms with Crippen LogP contribution in [0.15, 0.2) is 47.4 Å². The van der Waals surface area contributed by atoms with Crippen molar-refractivity contribution in [3.63, 3.8) is 0 Å². The molecule has 0 radical (unpaired) electrons. The van der Waals surface area contributed by atoms with E-state index >= 15 is 0 Å². The van der Waals surface area contributed by atoms with E-state index in [1.807, 2.05) is 0 Å². The number of carbonyl (C=O) groups is 1. The number of benzene rings is 2. The Hall–Kier alpha value is -2.29. The molecule has 28 heavy (non-hydrogen) atoms. The molecule has 2 aromatic carbocycles. The van der Waals surface area contributed by atoms with Crippen LogP contribution >= 0.6 is 0 Å². The van der Waals surface area contributed by atoms with E-state index < -0.39 is 22.0 Å². The average molecular weight is 406 g/mol. The summed E-state index contributed by atoms with van der Waals surface area (Å²) >= 11 is 0. The summed E-state index contributed by atoms with van der Waals surface area (Å²) in [5.74, 6) is -0.860. The fraction of sp³-hybridized carbons (Fsp3) is 0.350. The third kappa shape index (κ3) is 4.95. The second-order valence-corrected chi connectivity index (χ2v) is 8.80. The van der Waals surface area contributed by atoms with E-state index in [-0.39, 0.29) is 22.3 Å². The zero-order valence-electron chi connectivity index (χ0n) is 15.5. The van der Waals surface area contributed by atoms with Crippen molar-refractivity contribution in [2.45, 2.75) is 49.6 Å². The number of rotatable bonds is 5. The van der Waals surface area contributed by atoms with Crippen LogP contribution in [0.25, 0.3) is 0 Å². The SMILES string of the molecule is Cc1cc(NC(=O)c2cccc(S(=O)(=O)N[C@@H]3CCC[C@@H](O)C3)c2)ccc1F. The monoisotopic (exact) mass is 406 g/mol. The first-order chi connectivity index (χ1) is 13.2. The molecule has 0 spiro atoms. The van der Waals surface area contributed by atoms with E-state index in [0.29, 0.717) is 30.5 Å². The summed E-state index contributed by atoms with van der Waals surface area (Å²) in [7, 11) is -3.82. The second-order valence-electron chi connectivity index (χ2n) is 7.08. The summed E-state index contributed by atoms with van der Waals surface area (Å²) in [6, 6.07) is 9.60. The Morgan fingerprint density at radius 2 is 1.96 bits per heavy atom. The van der Waals surface area contributed by atoms with Crippen molar-refractivity contribution in [2.75, 3.05) is 5.32 Å². The molecule has 0 saturated heterocycles. The first kappa shape index (κ1) is 20.4. The predicted octanol–water partition coefficient (Wildman–Crippen LogP) is 2.97. The maximum atomic E-state index is 13.4. The molecule has 2 atom stereocenters. The number of hydrogen-bond donors (Lipinski definition) is 3. The number of amides is 1. The zero-order chi connectivity index (χ0) is 20.3. The molecule has 0 heterocycles. The molecule has 0 bridgehead atoms. The maximum absolute atomic E-state index is 13.4. The summed E-state index contributed by atoms with van der Waals surface area (Å²) < 4.78 is 41.3. The van der Waals surface area contributed by atoms with Crippen LogP contribution in [0.1, 0.15) is 41.6 Å². The van der Waals surface area contributed by atoms with Gasteiger partial charge >= 0.3 is 0 Å². The Morgan fingerprint density at radius 3 is 2.68 bits per heavy atom. The molecule has 8 heteroatoms. The Morgan fingerprint density at radius 1 is 1.18 bits per heavy atom. The number of nitrogens with one attached hydrogen (secondary N) is 2.